The van der Waals surface area contributed by atoms with Crippen LogP contribution >= 0.6 is 0 Å². The highest BCUT2D eigenvalue weighted by Crippen LogP contribution is 2.34. The molecule has 0 unspecified atom stereocenters. The molecule has 0 radical (unpaired) electrons. The molecule has 0 aliphatic rings. The molecule has 1 amide bonds. The highest BCUT2D eigenvalue weighted by Gasteiger charge is 2.33. The van der Waals surface area contributed by atoms with Gasteiger partial charge in [-0.25, -0.2) is 4.79 Å². The summed E-state index contributed by atoms with van der Waals surface area (Å²) in [4.78, 5) is 21.6. The predicted octanol–water partition coefficient (Wildman–Crippen LogP) is 4.94. The van der Waals surface area contributed by atoms with E-state index in [1.807, 2.05) is 18.2 Å². The van der Waals surface area contributed by atoms with Crippen molar-refractivity contribution in [1.29, 1.82) is 0 Å². The second-order valence-electron chi connectivity index (χ2n) is 5.71. The number of benzene rings is 2. The lowest BCUT2D eigenvalue weighted by Gasteiger charge is -2.10. The molecule has 0 saturated carbocycles. The third kappa shape index (κ3) is 6.42. The van der Waals surface area contributed by atoms with Gasteiger partial charge >= 0.3 is 12.3 Å². The molecule has 2 aromatic carbocycles. The van der Waals surface area contributed by atoms with Crippen molar-refractivity contribution in [2.45, 2.75) is 19.2 Å². The third-order valence-electron chi connectivity index (χ3n) is 3.64. The van der Waals surface area contributed by atoms with Gasteiger partial charge in [0.15, 0.2) is 0 Å². The van der Waals surface area contributed by atoms with E-state index in [1.165, 1.54) is 6.08 Å². The number of rotatable bonds is 7. The number of nitrogens with one attached hydrogen (secondary N) is 1. The predicted molar refractivity (Wildman–Crippen MR) is 96.4 cm³/mol. The van der Waals surface area contributed by atoms with Crippen LogP contribution in [0.3, 0.4) is 0 Å². The Kier molecular flexibility index (Phi) is 7.14. The van der Waals surface area contributed by atoms with Gasteiger partial charge in [-0.3, -0.25) is 10.1 Å². The molecule has 148 valence electrons. The highest BCUT2D eigenvalue weighted by molar-refractivity contribution is 5.67. The van der Waals surface area contributed by atoms with Crippen LogP contribution in [0.1, 0.15) is 23.1 Å². The average Bonchev–Trinajstić information content (AvgIpc) is 2.66. The van der Waals surface area contributed by atoms with Crippen LogP contribution < -0.4 is 5.32 Å². The van der Waals surface area contributed by atoms with Crippen LogP contribution in [0.4, 0.5) is 23.7 Å². The lowest BCUT2D eigenvalue weighted by Crippen LogP contribution is -2.24. The monoisotopic (exact) mass is 394 g/mol. The minimum Gasteiger partial charge on any atom is -0.445 e. The Morgan fingerprint density at radius 2 is 1.89 bits per heavy atom. The molecule has 2 aromatic rings. The maximum Gasteiger partial charge on any atom is 0.416 e. The van der Waals surface area contributed by atoms with Crippen molar-refractivity contribution in [3.63, 3.8) is 0 Å². The Labute approximate surface area is 158 Å². The molecule has 6 nitrogen and oxygen atoms in total. The number of hydrogen-bond donors (Lipinski definition) is 1. The summed E-state index contributed by atoms with van der Waals surface area (Å²) in [5, 5.41) is 13.2. The van der Waals surface area contributed by atoms with Crippen LogP contribution in [0.25, 0.3) is 6.08 Å². The number of nitrogens with zero attached hydrogens (tertiary/aromatic N) is 1. The molecular weight excluding hydrogens is 377 g/mol. The first-order valence-corrected chi connectivity index (χ1v) is 8.24. The Hall–Kier alpha value is -3.36. The SMILES string of the molecule is O=C(NCCC=Cc1cc([N+](=O)[O-])ccc1C(F)(F)F)OCc1ccccc1. The number of non-ortho nitro benzene ring substituents is 1. The van der Waals surface area contributed by atoms with Gasteiger partial charge < -0.3 is 10.1 Å². The first-order valence-electron chi connectivity index (χ1n) is 8.24. The molecular formula is C19H17F3N2O4. The first-order chi connectivity index (χ1) is 13.3. The molecule has 0 spiro atoms. The maximum atomic E-state index is 13.0. The van der Waals surface area contributed by atoms with Crippen LogP contribution in [0.15, 0.2) is 54.6 Å². The number of nitro groups is 1. The molecule has 9 heteroatoms. The molecule has 0 bridgehead atoms. The van der Waals surface area contributed by atoms with Gasteiger partial charge in [0.2, 0.25) is 0 Å². The second kappa shape index (κ2) is 9.54. The summed E-state index contributed by atoms with van der Waals surface area (Å²) in [6, 6.07) is 11.4. The zero-order valence-corrected chi connectivity index (χ0v) is 14.6. The molecule has 0 fully saturated rings. The van der Waals surface area contributed by atoms with Crippen molar-refractivity contribution in [3.05, 3.63) is 81.4 Å². The van der Waals surface area contributed by atoms with Crippen molar-refractivity contribution in [2.24, 2.45) is 0 Å². The van der Waals surface area contributed by atoms with Gasteiger partial charge in [0.25, 0.3) is 5.69 Å². The van der Waals surface area contributed by atoms with Gasteiger partial charge in [0.05, 0.1) is 10.5 Å². The standard InChI is InChI=1S/C19H17F3N2O4/c20-19(21,22)17-10-9-16(24(26)27)12-15(17)8-4-5-11-23-18(25)28-13-14-6-2-1-3-7-14/h1-4,6-10,12H,5,11,13H2,(H,23,25). The Balaban J connectivity index is 1.87. The van der Waals surface area contributed by atoms with Crippen molar-refractivity contribution in [3.8, 4) is 0 Å². The molecule has 0 aliphatic heterocycles. The molecule has 28 heavy (non-hydrogen) atoms. The molecule has 0 atom stereocenters. The topological polar surface area (TPSA) is 81.5 Å². The van der Waals surface area contributed by atoms with Gasteiger partial charge in [-0.05, 0) is 23.6 Å². The highest BCUT2D eigenvalue weighted by atomic mass is 19.4. The fraction of sp³-hybridized carbons (Fsp3) is 0.211. The lowest BCUT2D eigenvalue weighted by atomic mass is 10.1. The number of carbonyl (C=O) groups excluding carboxylic acids is 1. The summed E-state index contributed by atoms with van der Waals surface area (Å²) in [7, 11) is 0. The number of alkyl carbamates (subject to hydrolysis) is 1. The van der Waals surface area contributed by atoms with E-state index in [0.717, 1.165) is 23.8 Å². The number of nitro benzene ring substituents is 1. The van der Waals surface area contributed by atoms with E-state index < -0.39 is 28.4 Å². The average molecular weight is 394 g/mol. The van der Waals surface area contributed by atoms with E-state index in [9.17, 15) is 28.1 Å². The van der Waals surface area contributed by atoms with Gasteiger partial charge in [-0.2, -0.15) is 13.2 Å². The second-order valence-corrected chi connectivity index (χ2v) is 5.71. The molecule has 2 rings (SSSR count). The van der Waals surface area contributed by atoms with Crippen molar-refractivity contribution in [2.75, 3.05) is 6.54 Å². The summed E-state index contributed by atoms with van der Waals surface area (Å²) in [5.74, 6) is 0. The smallest absolute Gasteiger partial charge is 0.416 e. The van der Waals surface area contributed by atoms with E-state index in [0.29, 0.717) is 6.07 Å². The van der Waals surface area contributed by atoms with E-state index in [4.69, 9.17) is 4.74 Å². The Bertz CT molecular complexity index is 852. The van der Waals surface area contributed by atoms with Gasteiger partial charge in [0.1, 0.15) is 6.61 Å². The van der Waals surface area contributed by atoms with Crippen LogP contribution in [-0.2, 0) is 17.5 Å². The number of alkyl halides is 3. The summed E-state index contributed by atoms with van der Waals surface area (Å²) in [6.45, 7) is 0.242. The van der Waals surface area contributed by atoms with Crippen molar-refractivity contribution in [1.82, 2.24) is 5.32 Å². The number of halogens is 3. The fourth-order valence-corrected chi connectivity index (χ4v) is 2.30. The minimum atomic E-state index is -4.63. The number of hydrogen-bond acceptors (Lipinski definition) is 4. The fourth-order valence-electron chi connectivity index (χ4n) is 2.30. The van der Waals surface area contributed by atoms with E-state index >= 15 is 0 Å². The van der Waals surface area contributed by atoms with Gasteiger partial charge in [-0.15, -0.1) is 0 Å². The Morgan fingerprint density at radius 3 is 2.54 bits per heavy atom. The molecule has 0 heterocycles. The van der Waals surface area contributed by atoms with E-state index in [2.05, 4.69) is 5.32 Å². The number of carbonyl (C=O) groups is 1. The van der Waals surface area contributed by atoms with Crippen molar-refractivity contribution >= 4 is 17.9 Å². The first kappa shape index (κ1) is 20.9. The normalized spacial score (nSPS) is 11.4. The van der Waals surface area contributed by atoms with Crippen LogP contribution in [-0.4, -0.2) is 17.6 Å². The zero-order chi connectivity index (χ0) is 20.6. The summed E-state index contributed by atoms with van der Waals surface area (Å²) >= 11 is 0. The quantitative estimate of drug-likeness (QED) is 0.410. The molecule has 0 aromatic heterocycles. The molecule has 1 N–H and O–H groups in total. The van der Waals surface area contributed by atoms with Crippen molar-refractivity contribution < 1.29 is 27.6 Å². The van der Waals surface area contributed by atoms with Crippen LogP contribution in [0.5, 0.6) is 0 Å². The molecule has 0 aliphatic carbocycles. The van der Waals surface area contributed by atoms with Gasteiger partial charge in [-0.1, -0.05) is 42.5 Å². The summed E-state index contributed by atoms with van der Waals surface area (Å²) in [5.41, 5.74) is -0.893. The summed E-state index contributed by atoms with van der Waals surface area (Å²) < 4.78 is 44.0. The number of amides is 1. The van der Waals surface area contributed by atoms with E-state index in [-0.39, 0.29) is 25.1 Å². The number of ether oxygens (including phenoxy) is 1. The Morgan fingerprint density at radius 1 is 1.18 bits per heavy atom. The van der Waals surface area contributed by atoms with Crippen LogP contribution in [0, 0.1) is 10.1 Å². The molecule has 0 saturated heterocycles. The van der Waals surface area contributed by atoms with Gasteiger partial charge in [0, 0.05) is 18.7 Å². The largest absolute Gasteiger partial charge is 0.445 e. The summed E-state index contributed by atoms with van der Waals surface area (Å²) in [6.07, 6.45) is -2.52. The third-order valence-corrected chi connectivity index (χ3v) is 3.64. The van der Waals surface area contributed by atoms with E-state index in [1.54, 1.807) is 12.1 Å². The minimum absolute atomic E-state index is 0.102. The lowest BCUT2D eigenvalue weighted by molar-refractivity contribution is -0.384. The zero-order valence-electron chi connectivity index (χ0n) is 14.6. The maximum absolute atomic E-state index is 13.0. The van der Waals surface area contributed by atoms with Crippen LogP contribution in [0.2, 0.25) is 0 Å².